The Kier molecular flexibility index (Phi) is 5.92. The van der Waals surface area contributed by atoms with Crippen molar-refractivity contribution in [3.05, 3.63) is 64.7 Å². The Morgan fingerprint density at radius 1 is 1.05 bits per heavy atom. The summed E-state index contributed by atoms with van der Waals surface area (Å²) in [6, 6.07) is 7.26. The highest BCUT2D eigenvalue weighted by Gasteiger charge is 2.59. The van der Waals surface area contributed by atoms with E-state index < -0.39 is 52.9 Å². The molecule has 12 heteroatoms. The second kappa shape index (κ2) is 8.89. The van der Waals surface area contributed by atoms with Gasteiger partial charge in [-0.05, 0) is 53.8 Å². The van der Waals surface area contributed by atoms with Crippen LogP contribution in [0.25, 0.3) is 0 Å². The minimum Gasteiger partial charge on any atom is -0.480 e. The Labute approximate surface area is 215 Å². The summed E-state index contributed by atoms with van der Waals surface area (Å²) < 4.78 is 27.5. The minimum absolute atomic E-state index is 0.0705. The van der Waals surface area contributed by atoms with Gasteiger partial charge in [-0.15, -0.1) is 0 Å². The van der Waals surface area contributed by atoms with Crippen molar-refractivity contribution in [2.45, 2.75) is 37.8 Å². The maximum atomic E-state index is 13.7. The predicted octanol–water partition coefficient (Wildman–Crippen LogP) is 1.82. The lowest BCUT2D eigenvalue weighted by Gasteiger charge is -2.27. The summed E-state index contributed by atoms with van der Waals surface area (Å²) in [4.78, 5) is 64.6. The molecule has 1 saturated carbocycles. The number of nitrogens with zero attached hydrogens (tertiary/aromatic N) is 2. The molecular weight excluding hydrogens is 502 g/mol. The van der Waals surface area contributed by atoms with E-state index in [1.165, 1.54) is 4.90 Å². The molecular formula is C26H24F2N4O6. The summed E-state index contributed by atoms with van der Waals surface area (Å²) in [7, 11) is 1.55. The third-order valence-corrected chi connectivity index (χ3v) is 7.53. The Bertz CT molecular complexity index is 1390. The molecule has 38 heavy (non-hydrogen) atoms. The molecule has 0 bridgehead atoms. The fraction of sp³-hybridized carbons (Fsp3) is 0.346. The number of rotatable bonds is 7. The van der Waals surface area contributed by atoms with Gasteiger partial charge in [-0.1, -0.05) is 6.07 Å². The molecule has 1 spiro atoms. The van der Waals surface area contributed by atoms with Gasteiger partial charge in [0.1, 0.15) is 29.1 Å². The standard InChI is InChI=1S/C26H24F2N4O6/c1-31-24(38)30-21(34)26(31)10-15-2-3-19(8-16(15)11-26)29-20(33)13-32(22(35)25(4-5-25)23(36)37)12-14-6-17(27)9-18(28)7-14/h2-3,6-9H,4-5,10-13H2,1H3,(H,29,33)(H,36,37)(H,30,34,38)/t26-/m0/s1. The van der Waals surface area contributed by atoms with Crippen molar-refractivity contribution in [1.29, 1.82) is 0 Å². The zero-order valence-electron chi connectivity index (χ0n) is 20.3. The third kappa shape index (κ3) is 4.25. The van der Waals surface area contributed by atoms with Crippen molar-refractivity contribution in [2.24, 2.45) is 5.41 Å². The van der Waals surface area contributed by atoms with Crippen molar-refractivity contribution in [2.75, 3.05) is 18.9 Å². The normalized spacial score (nSPS) is 20.8. The van der Waals surface area contributed by atoms with Crippen molar-refractivity contribution in [1.82, 2.24) is 15.1 Å². The van der Waals surface area contributed by atoms with Crippen LogP contribution >= 0.6 is 0 Å². The molecule has 5 rings (SSSR count). The Morgan fingerprint density at radius 3 is 2.29 bits per heavy atom. The highest BCUT2D eigenvalue weighted by molar-refractivity contribution is 6.08. The van der Waals surface area contributed by atoms with Crippen molar-refractivity contribution < 1.29 is 37.9 Å². The van der Waals surface area contributed by atoms with E-state index in [0.717, 1.165) is 28.2 Å². The molecule has 2 aliphatic carbocycles. The van der Waals surface area contributed by atoms with E-state index in [-0.39, 0.29) is 37.3 Å². The van der Waals surface area contributed by atoms with Gasteiger partial charge in [-0.25, -0.2) is 13.6 Å². The maximum Gasteiger partial charge on any atom is 0.324 e. The molecule has 2 aromatic rings. The van der Waals surface area contributed by atoms with Gasteiger partial charge in [0.05, 0.1) is 0 Å². The summed E-state index contributed by atoms with van der Waals surface area (Å²) in [6.45, 7) is -0.912. The molecule has 3 N–H and O–H groups in total. The SMILES string of the molecule is CN1C(=O)NC(=O)[C@@]12Cc1ccc(NC(=O)CN(Cc3cc(F)cc(F)c3)C(=O)C3(C(=O)O)CC3)cc1C2. The van der Waals surface area contributed by atoms with Crippen LogP contribution < -0.4 is 10.6 Å². The lowest BCUT2D eigenvalue weighted by atomic mass is 9.95. The molecule has 198 valence electrons. The monoisotopic (exact) mass is 526 g/mol. The van der Waals surface area contributed by atoms with E-state index in [1.807, 2.05) is 0 Å². The fourth-order valence-electron chi connectivity index (χ4n) is 5.22. The van der Waals surface area contributed by atoms with Gasteiger partial charge in [0.2, 0.25) is 11.8 Å². The van der Waals surface area contributed by atoms with Crippen LogP contribution in [0.5, 0.6) is 0 Å². The maximum absolute atomic E-state index is 13.7. The van der Waals surface area contributed by atoms with Gasteiger partial charge >= 0.3 is 12.0 Å². The molecule has 3 aliphatic rings. The van der Waals surface area contributed by atoms with Crippen molar-refractivity contribution in [3.8, 4) is 0 Å². The number of carboxylic acids is 1. The van der Waals surface area contributed by atoms with Gasteiger partial charge in [-0.3, -0.25) is 24.5 Å². The number of anilines is 1. The van der Waals surface area contributed by atoms with Gasteiger partial charge in [-0.2, -0.15) is 0 Å². The molecule has 0 aromatic heterocycles. The summed E-state index contributed by atoms with van der Waals surface area (Å²) in [6.07, 6.45) is 0.799. The number of hydrogen-bond donors (Lipinski definition) is 3. The summed E-state index contributed by atoms with van der Waals surface area (Å²) >= 11 is 0. The van der Waals surface area contributed by atoms with Gasteiger partial charge < -0.3 is 20.2 Å². The Balaban J connectivity index is 1.33. The third-order valence-electron chi connectivity index (χ3n) is 7.53. The number of urea groups is 1. The molecule has 2 fully saturated rings. The second-order valence-electron chi connectivity index (χ2n) is 10.1. The van der Waals surface area contributed by atoms with E-state index in [4.69, 9.17) is 0 Å². The summed E-state index contributed by atoms with van der Waals surface area (Å²) in [5, 5.41) is 14.5. The van der Waals surface area contributed by atoms with E-state index >= 15 is 0 Å². The number of imide groups is 1. The second-order valence-corrected chi connectivity index (χ2v) is 10.1. The van der Waals surface area contributed by atoms with E-state index in [0.29, 0.717) is 18.2 Å². The fourth-order valence-corrected chi connectivity index (χ4v) is 5.22. The Morgan fingerprint density at radius 2 is 1.71 bits per heavy atom. The number of likely N-dealkylation sites (N-methyl/N-ethyl adjacent to an activating group) is 1. The highest BCUT2D eigenvalue weighted by Crippen LogP contribution is 2.47. The number of carbonyl (C=O) groups is 5. The van der Waals surface area contributed by atoms with Crippen LogP contribution in [0.1, 0.15) is 29.5 Å². The number of hydrogen-bond acceptors (Lipinski definition) is 5. The number of fused-ring (bicyclic) bond motifs is 1. The summed E-state index contributed by atoms with van der Waals surface area (Å²) in [5.74, 6) is -4.88. The predicted molar refractivity (Wildman–Crippen MR) is 128 cm³/mol. The van der Waals surface area contributed by atoms with Gasteiger partial charge in [0.15, 0.2) is 0 Å². The Hall–Kier alpha value is -4.35. The van der Waals surface area contributed by atoms with Gasteiger partial charge in [0.25, 0.3) is 5.91 Å². The zero-order valence-corrected chi connectivity index (χ0v) is 20.3. The number of benzene rings is 2. The molecule has 1 heterocycles. The van der Waals surface area contributed by atoms with Crippen LogP contribution in [0.2, 0.25) is 0 Å². The molecule has 10 nitrogen and oxygen atoms in total. The number of amides is 5. The minimum atomic E-state index is -1.65. The van der Waals surface area contributed by atoms with E-state index in [1.54, 1.807) is 25.2 Å². The average Bonchev–Trinajstić information content (AvgIpc) is 3.52. The molecule has 1 saturated heterocycles. The van der Waals surface area contributed by atoms with Crippen LogP contribution in [0, 0.1) is 17.0 Å². The topological polar surface area (TPSA) is 136 Å². The first-order chi connectivity index (χ1) is 17.9. The molecule has 0 radical (unpaired) electrons. The van der Waals surface area contributed by atoms with E-state index in [2.05, 4.69) is 10.6 Å². The van der Waals surface area contributed by atoms with Crippen LogP contribution in [-0.4, -0.2) is 63.8 Å². The lowest BCUT2D eigenvalue weighted by Crippen LogP contribution is -2.48. The molecule has 1 atom stereocenters. The number of halogens is 2. The smallest absolute Gasteiger partial charge is 0.324 e. The lowest BCUT2D eigenvalue weighted by molar-refractivity contribution is -0.154. The largest absolute Gasteiger partial charge is 0.480 e. The molecule has 0 unspecified atom stereocenters. The number of nitrogens with one attached hydrogen (secondary N) is 2. The first kappa shape index (κ1) is 25.3. The highest BCUT2D eigenvalue weighted by atomic mass is 19.1. The van der Waals surface area contributed by atoms with Crippen LogP contribution in [0.4, 0.5) is 19.3 Å². The number of carboxylic acid groups (broad SMARTS) is 1. The molecule has 5 amide bonds. The number of carbonyl (C=O) groups excluding carboxylic acids is 4. The van der Waals surface area contributed by atoms with Crippen LogP contribution in [-0.2, 0) is 38.6 Å². The van der Waals surface area contributed by atoms with Gasteiger partial charge in [0, 0.05) is 38.2 Å². The van der Waals surface area contributed by atoms with E-state index in [9.17, 15) is 37.9 Å². The number of aliphatic carboxylic acids is 1. The van der Waals surface area contributed by atoms with Crippen LogP contribution in [0.15, 0.2) is 36.4 Å². The first-order valence-electron chi connectivity index (χ1n) is 11.9. The molecule has 2 aromatic carbocycles. The molecule has 1 aliphatic heterocycles. The summed E-state index contributed by atoms with van der Waals surface area (Å²) in [5.41, 5.74) is -0.615. The first-order valence-corrected chi connectivity index (χ1v) is 11.9. The average molecular weight is 526 g/mol. The quantitative estimate of drug-likeness (QED) is 0.372. The van der Waals surface area contributed by atoms with Crippen molar-refractivity contribution >= 4 is 35.4 Å². The van der Waals surface area contributed by atoms with Crippen molar-refractivity contribution in [3.63, 3.8) is 0 Å². The van der Waals surface area contributed by atoms with Crippen LogP contribution in [0.3, 0.4) is 0 Å². The zero-order chi connectivity index (χ0) is 27.4.